The van der Waals surface area contributed by atoms with E-state index in [1.807, 2.05) is 18.2 Å². The summed E-state index contributed by atoms with van der Waals surface area (Å²) in [6.45, 7) is 6.14. The molecule has 0 saturated carbocycles. The Morgan fingerprint density at radius 3 is 2.28 bits per heavy atom. The van der Waals surface area contributed by atoms with Crippen molar-refractivity contribution >= 4 is 17.5 Å². The molecule has 0 atom stereocenters. The summed E-state index contributed by atoms with van der Waals surface area (Å²) < 4.78 is 0. The fraction of sp³-hybridized carbons (Fsp3) is 0.250. The highest BCUT2D eigenvalue weighted by atomic mass is 16.2. The van der Waals surface area contributed by atoms with E-state index in [1.165, 1.54) is 0 Å². The monoisotopic (exact) mass is 335 g/mol. The van der Waals surface area contributed by atoms with Crippen LogP contribution in [0.2, 0.25) is 0 Å². The molecule has 0 unspecified atom stereocenters. The van der Waals surface area contributed by atoms with Gasteiger partial charge in [-0.2, -0.15) is 5.26 Å². The summed E-state index contributed by atoms with van der Waals surface area (Å²) in [5.41, 5.74) is 2.45. The molecule has 5 heteroatoms. The van der Waals surface area contributed by atoms with Gasteiger partial charge in [-0.3, -0.25) is 9.59 Å². The van der Waals surface area contributed by atoms with Crippen molar-refractivity contribution in [1.29, 1.82) is 5.26 Å². The van der Waals surface area contributed by atoms with Gasteiger partial charge in [0.2, 0.25) is 5.91 Å². The summed E-state index contributed by atoms with van der Waals surface area (Å²) in [4.78, 5) is 24.1. The molecule has 0 aliphatic carbocycles. The molecule has 2 aromatic rings. The number of hydrogen-bond donors (Lipinski definition) is 2. The number of amides is 2. The number of nitriles is 1. The van der Waals surface area contributed by atoms with Gasteiger partial charge in [-0.15, -0.1) is 0 Å². The number of benzene rings is 2. The van der Waals surface area contributed by atoms with Crippen LogP contribution in [0.15, 0.2) is 48.5 Å². The first-order valence-electron chi connectivity index (χ1n) is 7.99. The highest BCUT2D eigenvalue weighted by Gasteiger charge is 2.15. The number of nitrogens with zero attached hydrogens (tertiary/aromatic N) is 1. The van der Waals surface area contributed by atoms with Crippen LogP contribution >= 0.6 is 0 Å². The van der Waals surface area contributed by atoms with Gasteiger partial charge in [0.05, 0.1) is 17.8 Å². The SMILES string of the molecule is CC(C)(C)c1ccc(C(=O)NCC(=O)Nc2ccccc2C#N)cc1. The van der Waals surface area contributed by atoms with Crippen LogP contribution in [0.25, 0.3) is 0 Å². The predicted molar refractivity (Wildman–Crippen MR) is 97.3 cm³/mol. The molecule has 0 aromatic heterocycles. The van der Waals surface area contributed by atoms with Gasteiger partial charge < -0.3 is 10.6 Å². The molecule has 0 heterocycles. The molecular formula is C20H21N3O2. The van der Waals surface area contributed by atoms with E-state index >= 15 is 0 Å². The first-order chi connectivity index (χ1) is 11.8. The molecule has 0 aliphatic heterocycles. The Bertz CT molecular complexity index is 812. The Balaban J connectivity index is 1.93. The van der Waals surface area contributed by atoms with Crippen molar-refractivity contribution in [2.45, 2.75) is 26.2 Å². The lowest BCUT2D eigenvalue weighted by Gasteiger charge is -2.19. The van der Waals surface area contributed by atoms with Crippen molar-refractivity contribution in [2.24, 2.45) is 0 Å². The maximum Gasteiger partial charge on any atom is 0.251 e. The zero-order valence-electron chi connectivity index (χ0n) is 14.6. The van der Waals surface area contributed by atoms with Crippen LogP contribution in [-0.4, -0.2) is 18.4 Å². The molecule has 0 radical (unpaired) electrons. The zero-order valence-corrected chi connectivity index (χ0v) is 14.6. The third-order valence-corrected chi connectivity index (χ3v) is 3.74. The zero-order chi connectivity index (χ0) is 18.4. The summed E-state index contributed by atoms with van der Waals surface area (Å²) in [5.74, 6) is -0.702. The Morgan fingerprint density at radius 1 is 1.04 bits per heavy atom. The Hall–Kier alpha value is -3.13. The van der Waals surface area contributed by atoms with Crippen molar-refractivity contribution in [3.05, 3.63) is 65.2 Å². The fourth-order valence-electron chi connectivity index (χ4n) is 2.27. The first kappa shape index (κ1) is 18.2. The van der Waals surface area contributed by atoms with Crippen LogP contribution in [0.4, 0.5) is 5.69 Å². The van der Waals surface area contributed by atoms with Crippen LogP contribution in [-0.2, 0) is 10.2 Å². The second-order valence-electron chi connectivity index (χ2n) is 6.72. The Kier molecular flexibility index (Phi) is 5.56. The smallest absolute Gasteiger partial charge is 0.251 e. The largest absolute Gasteiger partial charge is 0.343 e. The summed E-state index contributed by atoms with van der Waals surface area (Å²) in [6.07, 6.45) is 0. The minimum atomic E-state index is -0.387. The van der Waals surface area contributed by atoms with E-state index in [2.05, 4.69) is 31.4 Å². The highest BCUT2D eigenvalue weighted by Crippen LogP contribution is 2.22. The number of carbonyl (C=O) groups is 2. The van der Waals surface area contributed by atoms with E-state index in [1.54, 1.807) is 36.4 Å². The van der Waals surface area contributed by atoms with Crippen LogP contribution in [0.3, 0.4) is 0 Å². The van der Waals surface area contributed by atoms with Crippen molar-refractivity contribution < 1.29 is 9.59 Å². The molecule has 0 spiro atoms. The lowest BCUT2D eigenvalue weighted by atomic mass is 9.87. The second-order valence-corrected chi connectivity index (χ2v) is 6.72. The number of anilines is 1. The van der Waals surface area contributed by atoms with E-state index in [9.17, 15) is 9.59 Å². The van der Waals surface area contributed by atoms with Crippen molar-refractivity contribution in [2.75, 3.05) is 11.9 Å². The van der Waals surface area contributed by atoms with E-state index in [0.717, 1.165) is 5.56 Å². The van der Waals surface area contributed by atoms with Gasteiger partial charge in [0, 0.05) is 5.56 Å². The maximum absolute atomic E-state index is 12.1. The molecule has 25 heavy (non-hydrogen) atoms. The number of para-hydroxylation sites is 1. The molecule has 2 rings (SSSR count). The summed E-state index contributed by atoms with van der Waals surface area (Å²) in [7, 11) is 0. The molecule has 5 nitrogen and oxygen atoms in total. The van der Waals surface area contributed by atoms with Gasteiger partial charge in [-0.25, -0.2) is 0 Å². The van der Waals surface area contributed by atoms with Crippen LogP contribution in [0.1, 0.15) is 42.3 Å². The van der Waals surface area contributed by atoms with Gasteiger partial charge in [0.1, 0.15) is 6.07 Å². The van der Waals surface area contributed by atoms with E-state index in [4.69, 9.17) is 5.26 Å². The lowest BCUT2D eigenvalue weighted by molar-refractivity contribution is -0.115. The van der Waals surface area contributed by atoms with Gasteiger partial charge in [-0.1, -0.05) is 45.0 Å². The molecule has 0 aliphatic rings. The van der Waals surface area contributed by atoms with E-state index in [-0.39, 0.29) is 23.8 Å². The number of rotatable bonds is 4. The molecule has 128 valence electrons. The van der Waals surface area contributed by atoms with E-state index < -0.39 is 0 Å². The summed E-state index contributed by atoms with van der Waals surface area (Å²) >= 11 is 0. The Labute approximate surface area is 147 Å². The summed E-state index contributed by atoms with van der Waals surface area (Å²) in [5, 5.41) is 14.2. The molecule has 0 fully saturated rings. The molecule has 0 saturated heterocycles. The third kappa shape index (κ3) is 4.92. The number of nitrogens with one attached hydrogen (secondary N) is 2. The van der Waals surface area contributed by atoms with Gasteiger partial charge in [0.25, 0.3) is 5.91 Å². The normalized spacial score (nSPS) is 10.6. The molecule has 2 aromatic carbocycles. The highest BCUT2D eigenvalue weighted by molar-refractivity contribution is 5.99. The third-order valence-electron chi connectivity index (χ3n) is 3.74. The quantitative estimate of drug-likeness (QED) is 0.900. The average Bonchev–Trinajstić information content (AvgIpc) is 2.59. The van der Waals surface area contributed by atoms with Crippen molar-refractivity contribution in [3.8, 4) is 6.07 Å². The van der Waals surface area contributed by atoms with Gasteiger partial charge >= 0.3 is 0 Å². The van der Waals surface area contributed by atoms with Crippen LogP contribution < -0.4 is 10.6 Å². The average molecular weight is 335 g/mol. The van der Waals surface area contributed by atoms with Crippen LogP contribution in [0, 0.1) is 11.3 Å². The van der Waals surface area contributed by atoms with Gasteiger partial charge in [0.15, 0.2) is 0 Å². The topological polar surface area (TPSA) is 82.0 Å². The molecular weight excluding hydrogens is 314 g/mol. The number of hydrogen-bond acceptors (Lipinski definition) is 3. The first-order valence-corrected chi connectivity index (χ1v) is 7.99. The second kappa shape index (κ2) is 7.63. The van der Waals surface area contributed by atoms with E-state index in [0.29, 0.717) is 16.8 Å². The fourth-order valence-corrected chi connectivity index (χ4v) is 2.27. The minimum absolute atomic E-state index is 0.0169. The van der Waals surface area contributed by atoms with Gasteiger partial charge in [-0.05, 0) is 35.2 Å². The minimum Gasteiger partial charge on any atom is -0.343 e. The maximum atomic E-state index is 12.1. The Morgan fingerprint density at radius 2 is 1.68 bits per heavy atom. The van der Waals surface area contributed by atoms with Crippen LogP contribution in [0.5, 0.6) is 0 Å². The summed E-state index contributed by atoms with van der Waals surface area (Å²) in [6, 6.07) is 16.0. The van der Waals surface area contributed by atoms with Crippen molar-refractivity contribution in [1.82, 2.24) is 5.32 Å². The lowest BCUT2D eigenvalue weighted by Crippen LogP contribution is -2.33. The molecule has 2 amide bonds. The molecule has 0 bridgehead atoms. The van der Waals surface area contributed by atoms with Crippen molar-refractivity contribution in [3.63, 3.8) is 0 Å². The standard InChI is InChI=1S/C20H21N3O2/c1-20(2,3)16-10-8-14(9-11-16)19(25)22-13-18(24)23-17-7-5-4-6-15(17)12-21/h4-11H,13H2,1-3H3,(H,22,25)(H,23,24). The number of carbonyl (C=O) groups excluding carboxylic acids is 2. The molecule has 2 N–H and O–H groups in total. The predicted octanol–water partition coefficient (Wildman–Crippen LogP) is 3.22.